The van der Waals surface area contributed by atoms with Crippen molar-refractivity contribution in [2.45, 2.75) is 0 Å². The summed E-state index contributed by atoms with van der Waals surface area (Å²) in [6.07, 6.45) is 1.50. The predicted octanol–water partition coefficient (Wildman–Crippen LogP) is 2.05. The summed E-state index contributed by atoms with van der Waals surface area (Å²) in [6.45, 7) is 0. The van der Waals surface area contributed by atoms with Crippen LogP contribution in [0.2, 0.25) is 5.02 Å². The Bertz CT molecular complexity index is 611. The molecule has 0 spiro atoms. The standard InChI is InChI=1S/C11H10ClFN4O/c1-17-5-8(14)10(16-17)11(18)15-9-4-6(13)2-3-7(9)12/h2-5H,14H2,1H3,(H,15,18). The van der Waals surface area contributed by atoms with E-state index in [1.807, 2.05) is 0 Å². The lowest BCUT2D eigenvalue weighted by Crippen LogP contribution is -2.15. The first kappa shape index (κ1) is 12.4. The van der Waals surface area contributed by atoms with Crippen LogP contribution in [0.4, 0.5) is 15.8 Å². The highest BCUT2D eigenvalue weighted by Gasteiger charge is 2.15. The molecule has 2 rings (SSSR count). The van der Waals surface area contributed by atoms with E-state index in [-0.39, 0.29) is 22.1 Å². The van der Waals surface area contributed by atoms with E-state index in [1.54, 1.807) is 7.05 Å². The molecule has 18 heavy (non-hydrogen) atoms. The van der Waals surface area contributed by atoms with Crippen LogP contribution in [0.25, 0.3) is 0 Å². The van der Waals surface area contributed by atoms with Crippen LogP contribution in [0, 0.1) is 5.82 Å². The molecule has 0 aliphatic rings. The van der Waals surface area contributed by atoms with Crippen molar-refractivity contribution >= 4 is 28.9 Å². The number of nitrogens with two attached hydrogens (primary N) is 1. The van der Waals surface area contributed by atoms with E-state index in [1.165, 1.54) is 23.0 Å². The van der Waals surface area contributed by atoms with Crippen molar-refractivity contribution in [1.29, 1.82) is 0 Å². The Morgan fingerprint density at radius 3 is 2.89 bits per heavy atom. The third-order valence-electron chi connectivity index (χ3n) is 2.25. The van der Waals surface area contributed by atoms with Crippen molar-refractivity contribution in [2.24, 2.45) is 7.05 Å². The van der Waals surface area contributed by atoms with Gasteiger partial charge in [0, 0.05) is 13.2 Å². The van der Waals surface area contributed by atoms with Crippen LogP contribution in [0.1, 0.15) is 10.5 Å². The fraction of sp³-hybridized carbons (Fsp3) is 0.0909. The number of nitrogen functional groups attached to an aromatic ring is 1. The van der Waals surface area contributed by atoms with Crippen molar-refractivity contribution in [3.05, 3.63) is 40.9 Å². The SMILES string of the molecule is Cn1cc(N)c(C(=O)Nc2cc(F)ccc2Cl)n1. The molecule has 3 N–H and O–H groups in total. The molecule has 1 aromatic heterocycles. The molecular weight excluding hydrogens is 259 g/mol. The van der Waals surface area contributed by atoms with E-state index in [0.29, 0.717) is 0 Å². The summed E-state index contributed by atoms with van der Waals surface area (Å²) >= 11 is 5.83. The number of carbonyl (C=O) groups excluding carboxylic acids is 1. The first-order valence-electron chi connectivity index (χ1n) is 5.03. The zero-order valence-electron chi connectivity index (χ0n) is 9.45. The predicted molar refractivity (Wildman–Crippen MR) is 67.0 cm³/mol. The molecule has 7 heteroatoms. The Hall–Kier alpha value is -2.08. The molecule has 0 unspecified atom stereocenters. The van der Waals surface area contributed by atoms with E-state index in [0.717, 1.165) is 6.07 Å². The van der Waals surface area contributed by atoms with Gasteiger partial charge in [0.25, 0.3) is 5.91 Å². The molecule has 1 heterocycles. The highest BCUT2D eigenvalue weighted by molar-refractivity contribution is 6.33. The fourth-order valence-electron chi connectivity index (χ4n) is 1.46. The van der Waals surface area contributed by atoms with Gasteiger partial charge in [-0.2, -0.15) is 5.10 Å². The van der Waals surface area contributed by atoms with Crippen LogP contribution in [-0.4, -0.2) is 15.7 Å². The number of anilines is 2. The Morgan fingerprint density at radius 2 is 2.28 bits per heavy atom. The Morgan fingerprint density at radius 1 is 1.56 bits per heavy atom. The zero-order chi connectivity index (χ0) is 13.3. The second-order valence-electron chi connectivity index (χ2n) is 3.69. The van der Waals surface area contributed by atoms with E-state index in [9.17, 15) is 9.18 Å². The van der Waals surface area contributed by atoms with Crippen LogP contribution in [-0.2, 0) is 7.05 Å². The van der Waals surface area contributed by atoms with Gasteiger partial charge in [0.15, 0.2) is 5.69 Å². The van der Waals surface area contributed by atoms with Crippen molar-refractivity contribution in [3.8, 4) is 0 Å². The number of nitrogens with one attached hydrogen (secondary N) is 1. The van der Waals surface area contributed by atoms with E-state index >= 15 is 0 Å². The van der Waals surface area contributed by atoms with Gasteiger partial charge in [-0.15, -0.1) is 0 Å². The summed E-state index contributed by atoms with van der Waals surface area (Å²) in [5.41, 5.74) is 6.09. The Balaban J connectivity index is 2.26. The summed E-state index contributed by atoms with van der Waals surface area (Å²) in [6, 6.07) is 3.68. The minimum absolute atomic E-state index is 0.0674. The van der Waals surface area contributed by atoms with E-state index in [4.69, 9.17) is 17.3 Å². The van der Waals surface area contributed by atoms with E-state index in [2.05, 4.69) is 10.4 Å². The van der Waals surface area contributed by atoms with Crippen molar-refractivity contribution < 1.29 is 9.18 Å². The average molecular weight is 269 g/mol. The smallest absolute Gasteiger partial charge is 0.278 e. The van der Waals surface area contributed by atoms with Gasteiger partial charge in [-0.25, -0.2) is 4.39 Å². The second-order valence-corrected chi connectivity index (χ2v) is 4.09. The first-order valence-corrected chi connectivity index (χ1v) is 5.40. The summed E-state index contributed by atoms with van der Waals surface area (Å²) in [4.78, 5) is 11.9. The molecule has 0 fully saturated rings. The highest BCUT2D eigenvalue weighted by Crippen LogP contribution is 2.23. The van der Waals surface area contributed by atoms with Gasteiger partial charge in [0.1, 0.15) is 5.82 Å². The normalized spacial score (nSPS) is 10.4. The number of aromatic nitrogens is 2. The molecule has 0 aliphatic carbocycles. The molecule has 0 saturated heterocycles. The number of hydrogen-bond acceptors (Lipinski definition) is 3. The average Bonchev–Trinajstić information content (AvgIpc) is 2.63. The minimum Gasteiger partial charge on any atom is -0.396 e. The summed E-state index contributed by atoms with van der Waals surface area (Å²) in [5, 5.41) is 6.59. The molecule has 0 saturated carbocycles. The highest BCUT2D eigenvalue weighted by atomic mass is 35.5. The van der Waals surface area contributed by atoms with Gasteiger partial charge in [-0.3, -0.25) is 9.48 Å². The number of benzene rings is 1. The van der Waals surface area contributed by atoms with Crippen molar-refractivity contribution in [2.75, 3.05) is 11.1 Å². The maximum Gasteiger partial charge on any atom is 0.278 e. The van der Waals surface area contributed by atoms with Gasteiger partial charge in [0.2, 0.25) is 0 Å². The fourth-order valence-corrected chi connectivity index (χ4v) is 1.62. The molecular formula is C11H10ClFN4O. The maximum atomic E-state index is 13.0. The molecule has 0 radical (unpaired) electrons. The molecule has 2 aromatic rings. The lowest BCUT2D eigenvalue weighted by molar-refractivity contribution is 0.102. The number of rotatable bonds is 2. The number of carbonyl (C=O) groups is 1. The maximum absolute atomic E-state index is 13.0. The summed E-state index contributed by atoms with van der Waals surface area (Å²) < 4.78 is 14.4. The third kappa shape index (κ3) is 2.43. The molecule has 0 bridgehead atoms. The van der Waals surface area contributed by atoms with Gasteiger partial charge in [0.05, 0.1) is 16.4 Å². The van der Waals surface area contributed by atoms with Crippen molar-refractivity contribution in [3.63, 3.8) is 0 Å². The van der Waals surface area contributed by atoms with Gasteiger partial charge in [-0.05, 0) is 18.2 Å². The zero-order valence-corrected chi connectivity index (χ0v) is 10.2. The van der Waals surface area contributed by atoms with Crippen LogP contribution in [0.15, 0.2) is 24.4 Å². The molecule has 1 aromatic carbocycles. The van der Waals surface area contributed by atoms with Gasteiger partial charge >= 0.3 is 0 Å². The number of aryl methyl sites for hydroxylation is 1. The topological polar surface area (TPSA) is 72.9 Å². The van der Waals surface area contributed by atoms with Crippen LogP contribution >= 0.6 is 11.6 Å². The monoisotopic (exact) mass is 268 g/mol. The number of nitrogens with zero attached hydrogens (tertiary/aromatic N) is 2. The molecule has 94 valence electrons. The lowest BCUT2D eigenvalue weighted by atomic mass is 10.3. The Labute approximate surface area is 107 Å². The van der Waals surface area contributed by atoms with Crippen molar-refractivity contribution in [1.82, 2.24) is 9.78 Å². The molecule has 1 amide bonds. The molecule has 5 nitrogen and oxygen atoms in total. The van der Waals surface area contributed by atoms with Gasteiger partial charge in [-0.1, -0.05) is 11.6 Å². The number of amides is 1. The van der Waals surface area contributed by atoms with Crippen LogP contribution < -0.4 is 11.1 Å². The van der Waals surface area contributed by atoms with Gasteiger partial charge < -0.3 is 11.1 Å². The largest absolute Gasteiger partial charge is 0.396 e. The summed E-state index contributed by atoms with van der Waals surface area (Å²) in [7, 11) is 1.64. The number of hydrogen-bond donors (Lipinski definition) is 2. The summed E-state index contributed by atoms with van der Waals surface area (Å²) in [5.74, 6) is -1.04. The minimum atomic E-state index is -0.541. The van der Waals surface area contributed by atoms with Crippen LogP contribution in [0.3, 0.4) is 0 Å². The second kappa shape index (κ2) is 4.66. The number of halogens is 2. The quantitative estimate of drug-likeness (QED) is 0.875. The lowest BCUT2D eigenvalue weighted by Gasteiger charge is -2.06. The molecule has 0 atom stereocenters. The first-order chi connectivity index (χ1) is 8.47. The van der Waals surface area contributed by atoms with E-state index < -0.39 is 11.7 Å². The van der Waals surface area contributed by atoms with Crippen LogP contribution in [0.5, 0.6) is 0 Å². The Kier molecular flexibility index (Phi) is 3.20. The molecule has 0 aliphatic heterocycles. The third-order valence-corrected chi connectivity index (χ3v) is 2.58.